The Balaban J connectivity index is 2.31. The minimum absolute atomic E-state index is 0.0681. The summed E-state index contributed by atoms with van der Waals surface area (Å²) in [5.74, 6) is 5.03. The number of halogens is 3. The number of rotatable bonds is 4. The molecule has 2 aromatic rings. The Hall–Kier alpha value is -1.20. The van der Waals surface area contributed by atoms with Gasteiger partial charge in [-0.3, -0.25) is 16.3 Å². The van der Waals surface area contributed by atoms with E-state index in [0.29, 0.717) is 17.0 Å². The molecule has 2 rings (SSSR count). The van der Waals surface area contributed by atoms with Crippen LogP contribution in [0.15, 0.2) is 36.7 Å². The molecule has 0 saturated heterocycles. The van der Waals surface area contributed by atoms with Crippen molar-refractivity contribution >= 4 is 23.2 Å². The number of nitrogens with zero attached hydrogens (tertiary/aromatic N) is 1. The number of benzene rings is 1. The van der Waals surface area contributed by atoms with Gasteiger partial charge in [-0.05, 0) is 24.1 Å². The first-order chi connectivity index (χ1) is 9.13. The lowest BCUT2D eigenvalue weighted by Crippen LogP contribution is -2.30. The average molecular weight is 300 g/mol. The van der Waals surface area contributed by atoms with Crippen LogP contribution in [-0.2, 0) is 6.42 Å². The van der Waals surface area contributed by atoms with Crippen LogP contribution in [0.3, 0.4) is 0 Å². The Labute approximate surface area is 120 Å². The monoisotopic (exact) mass is 299 g/mol. The molecule has 0 amide bonds. The van der Waals surface area contributed by atoms with E-state index in [1.807, 2.05) is 0 Å². The second-order valence-electron chi connectivity index (χ2n) is 4.03. The lowest BCUT2D eigenvalue weighted by atomic mass is 9.99. The zero-order chi connectivity index (χ0) is 13.8. The van der Waals surface area contributed by atoms with Gasteiger partial charge in [-0.15, -0.1) is 0 Å². The van der Waals surface area contributed by atoms with Crippen molar-refractivity contribution in [2.24, 2.45) is 5.84 Å². The maximum Gasteiger partial charge on any atom is 0.146 e. The Bertz CT molecular complexity index is 578. The van der Waals surface area contributed by atoms with E-state index in [9.17, 15) is 4.39 Å². The van der Waals surface area contributed by atoms with Crippen LogP contribution in [0.1, 0.15) is 17.2 Å². The summed E-state index contributed by atoms with van der Waals surface area (Å²) in [4.78, 5) is 3.90. The highest BCUT2D eigenvalue weighted by atomic mass is 35.5. The van der Waals surface area contributed by atoms with Crippen molar-refractivity contribution in [2.75, 3.05) is 0 Å². The van der Waals surface area contributed by atoms with Crippen molar-refractivity contribution < 1.29 is 4.39 Å². The number of nitrogens with one attached hydrogen (secondary N) is 1. The minimum atomic E-state index is -0.475. The molecule has 3 N–H and O–H groups in total. The molecule has 0 radical (unpaired) electrons. The van der Waals surface area contributed by atoms with Crippen LogP contribution in [0, 0.1) is 5.82 Å². The Morgan fingerprint density at radius 2 is 2.05 bits per heavy atom. The smallest absolute Gasteiger partial charge is 0.146 e. The maximum absolute atomic E-state index is 14.0. The van der Waals surface area contributed by atoms with Crippen molar-refractivity contribution in [3.05, 3.63) is 63.6 Å². The predicted molar refractivity (Wildman–Crippen MR) is 74.4 cm³/mol. The predicted octanol–water partition coefficient (Wildman–Crippen LogP) is 3.27. The van der Waals surface area contributed by atoms with Gasteiger partial charge in [0.2, 0.25) is 0 Å². The third-order valence-corrected chi connectivity index (χ3v) is 3.47. The van der Waals surface area contributed by atoms with Crippen LogP contribution in [0.5, 0.6) is 0 Å². The molecule has 1 atom stereocenters. The highest BCUT2D eigenvalue weighted by Gasteiger charge is 2.17. The van der Waals surface area contributed by atoms with E-state index < -0.39 is 11.9 Å². The molecule has 100 valence electrons. The van der Waals surface area contributed by atoms with Gasteiger partial charge in [0, 0.05) is 18.0 Å². The van der Waals surface area contributed by atoms with Gasteiger partial charge >= 0.3 is 0 Å². The summed E-state index contributed by atoms with van der Waals surface area (Å²) >= 11 is 11.8. The average Bonchev–Trinajstić information content (AvgIpc) is 2.41. The van der Waals surface area contributed by atoms with Crippen LogP contribution in [0.4, 0.5) is 4.39 Å². The number of hydrogen-bond donors (Lipinski definition) is 2. The highest BCUT2D eigenvalue weighted by Crippen LogP contribution is 2.27. The molecule has 1 unspecified atom stereocenters. The fourth-order valence-electron chi connectivity index (χ4n) is 1.84. The minimum Gasteiger partial charge on any atom is -0.271 e. The van der Waals surface area contributed by atoms with Crippen molar-refractivity contribution in [1.29, 1.82) is 0 Å². The Kier molecular flexibility index (Phi) is 4.71. The molecule has 19 heavy (non-hydrogen) atoms. The number of nitrogens with two attached hydrogens (primary N) is 1. The molecule has 3 nitrogen and oxygen atoms in total. The quantitative estimate of drug-likeness (QED) is 0.673. The van der Waals surface area contributed by atoms with Gasteiger partial charge in [-0.1, -0.05) is 35.3 Å². The molecular formula is C13H12Cl2FN3. The van der Waals surface area contributed by atoms with Gasteiger partial charge in [0.05, 0.1) is 16.1 Å². The lowest BCUT2D eigenvalue weighted by Gasteiger charge is -2.18. The van der Waals surface area contributed by atoms with Gasteiger partial charge < -0.3 is 0 Å². The van der Waals surface area contributed by atoms with E-state index in [-0.39, 0.29) is 5.02 Å². The summed E-state index contributed by atoms with van der Waals surface area (Å²) < 4.78 is 14.0. The van der Waals surface area contributed by atoms with Crippen molar-refractivity contribution in [3.8, 4) is 0 Å². The van der Waals surface area contributed by atoms with Crippen molar-refractivity contribution in [3.63, 3.8) is 0 Å². The van der Waals surface area contributed by atoms with E-state index in [1.54, 1.807) is 30.6 Å². The fraction of sp³-hybridized carbons (Fsp3) is 0.154. The summed E-state index contributed by atoms with van der Waals surface area (Å²) in [5, 5.41) is 0.587. The third-order valence-electron chi connectivity index (χ3n) is 2.84. The molecule has 0 aliphatic rings. The zero-order valence-electron chi connectivity index (χ0n) is 9.91. The first-order valence-electron chi connectivity index (χ1n) is 5.62. The van der Waals surface area contributed by atoms with Crippen LogP contribution in [0.2, 0.25) is 10.0 Å². The summed E-state index contributed by atoms with van der Waals surface area (Å²) in [7, 11) is 0. The molecule has 0 saturated carbocycles. The molecular weight excluding hydrogens is 288 g/mol. The molecule has 6 heteroatoms. The topological polar surface area (TPSA) is 50.9 Å². The second kappa shape index (κ2) is 6.30. The molecule has 1 aromatic heterocycles. The van der Waals surface area contributed by atoms with Crippen LogP contribution in [-0.4, -0.2) is 4.98 Å². The largest absolute Gasteiger partial charge is 0.271 e. The highest BCUT2D eigenvalue weighted by molar-refractivity contribution is 6.31. The summed E-state index contributed by atoms with van der Waals surface area (Å²) in [5.41, 5.74) is 3.82. The van der Waals surface area contributed by atoms with Crippen LogP contribution >= 0.6 is 23.2 Å². The standard InChI is InChI=1S/C13H12Cl2FN3/c14-10-3-1-2-9(13(10)16)12(19-17)6-8-4-5-18-7-11(8)15/h1-5,7,12,19H,6,17H2. The van der Waals surface area contributed by atoms with Gasteiger partial charge in [0.25, 0.3) is 0 Å². The van der Waals surface area contributed by atoms with Crippen molar-refractivity contribution in [1.82, 2.24) is 10.4 Å². The molecule has 0 bridgehead atoms. The van der Waals surface area contributed by atoms with Crippen LogP contribution in [0.25, 0.3) is 0 Å². The molecule has 1 heterocycles. The van der Waals surface area contributed by atoms with Gasteiger partial charge in [0.15, 0.2) is 0 Å². The first kappa shape index (κ1) is 14.2. The fourth-order valence-corrected chi connectivity index (χ4v) is 2.22. The number of aromatic nitrogens is 1. The van der Waals surface area contributed by atoms with E-state index >= 15 is 0 Å². The summed E-state index contributed by atoms with van der Waals surface area (Å²) in [6, 6.07) is 6.17. The van der Waals surface area contributed by atoms with Crippen molar-refractivity contribution in [2.45, 2.75) is 12.5 Å². The third kappa shape index (κ3) is 3.22. The van der Waals surface area contributed by atoms with E-state index in [0.717, 1.165) is 5.56 Å². The van der Waals surface area contributed by atoms with Crippen LogP contribution < -0.4 is 11.3 Å². The molecule has 0 aliphatic carbocycles. The number of pyridine rings is 1. The molecule has 1 aromatic carbocycles. The molecule has 0 fully saturated rings. The van der Waals surface area contributed by atoms with Gasteiger partial charge in [0.1, 0.15) is 5.82 Å². The molecule has 0 spiro atoms. The van der Waals surface area contributed by atoms with E-state index in [4.69, 9.17) is 29.0 Å². The molecule has 0 aliphatic heterocycles. The van der Waals surface area contributed by atoms with E-state index in [2.05, 4.69) is 10.4 Å². The summed E-state index contributed by atoms with van der Waals surface area (Å²) in [6.07, 6.45) is 3.61. The van der Waals surface area contributed by atoms with E-state index in [1.165, 1.54) is 6.07 Å². The SMILES string of the molecule is NNC(Cc1ccncc1Cl)c1cccc(Cl)c1F. The zero-order valence-corrected chi connectivity index (χ0v) is 11.4. The Morgan fingerprint density at radius 3 is 2.74 bits per heavy atom. The van der Waals surface area contributed by atoms with Gasteiger partial charge in [-0.2, -0.15) is 0 Å². The van der Waals surface area contributed by atoms with Gasteiger partial charge in [-0.25, -0.2) is 4.39 Å². The second-order valence-corrected chi connectivity index (χ2v) is 4.85. The number of hydrogen-bond acceptors (Lipinski definition) is 3. The normalized spacial score (nSPS) is 12.4. The maximum atomic E-state index is 14.0. The lowest BCUT2D eigenvalue weighted by molar-refractivity contribution is 0.510. The summed E-state index contributed by atoms with van der Waals surface area (Å²) in [6.45, 7) is 0. The Morgan fingerprint density at radius 1 is 1.26 bits per heavy atom. The first-order valence-corrected chi connectivity index (χ1v) is 6.37. The number of hydrazine groups is 1.